The molecule has 0 saturated heterocycles. The van der Waals surface area contributed by atoms with Gasteiger partial charge < -0.3 is 10.1 Å². The van der Waals surface area contributed by atoms with Crippen LogP contribution >= 0.6 is 0 Å². The highest BCUT2D eigenvalue weighted by atomic mass is 32.2. The van der Waals surface area contributed by atoms with E-state index in [0.717, 1.165) is 0 Å². The van der Waals surface area contributed by atoms with Gasteiger partial charge in [0.15, 0.2) is 19.7 Å². The number of amides is 1. The van der Waals surface area contributed by atoms with E-state index in [1.54, 1.807) is 18.2 Å². The fraction of sp³-hybridized carbons (Fsp3) is 0.235. The number of ether oxygens (including phenoxy) is 1. The second-order valence-electron chi connectivity index (χ2n) is 5.77. The summed E-state index contributed by atoms with van der Waals surface area (Å²) in [5.74, 6) is -1.12. The molecule has 26 heavy (non-hydrogen) atoms. The van der Waals surface area contributed by atoms with Crippen LogP contribution in [0.3, 0.4) is 0 Å². The van der Waals surface area contributed by atoms with Crippen molar-refractivity contribution in [2.45, 2.75) is 15.0 Å². The number of hydrogen-bond acceptors (Lipinski definition) is 6. The molecule has 9 heteroatoms. The number of sulfone groups is 2. The van der Waals surface area contributed by atoms with Crippen LogP contribution < -0.4 is 10.1 Å². The Morgan fingerprint density at radius 1 is 1.15 bits per heavy atom. The Balaban J connectivity index is 2.30. The zero-order chi connectivity index (χ0) is 19.1. The van der Waals surface area contributed by atoms with E-state index in [1.807, 2.05) is 0 Å². The van der Waals surface area contributed by atoms with Gasteiger partial charge in [-0.25, -0.2) is 16.8 Å². The molecule has 138 valence electrons. The highest BCUT2D eigenvalue weighted by Crippen LogP contribution is 2.46. The van der Waals surface area contributed by atoms with Crippen LogP contribution in [0, 0.1) is 0 Å². The highest BCUT2D eigenvalue weighted by molar-refractivity contribution is 7.96. The minimum atomic E-state index is -4.00. The molecule has 0 aromatic heterocycles. The molecule has 0 saturated carbocycles. The predicted molar refractivity (Wildman–Crippen MR) is 94.8 cm³/mol. The van der Waals surface area contributed by atoms with Gasteiger partial charge in [0.05, 0.1) is 28.2 Å². The van der Waals surface area contributed by atoms with Gasteiger partial charge in [0.2, 0.25) is 0 Å². The molecule has 0 radical (unpaired) electrons. The lowest BCUT2D eigenvalue weighted by Gasteiger charge is -2.17. The molecule has 0 aliphatic carbocycles. The normalized spacial score (nSPS) is 18.2. The Hall–Kier alpha value is -2.39. The molecule has 0 spiro atoms. The van der Waals surface area contributed by atoms with Gasteiger partial charge in [-0.2, -0.15) is 0 Å². The van der Waals surface area contributed by atoms with Crippen molar-refractivity contribution in [3.63, 3.8) is 0 Å². The molecule has 1 aliphatic heterocycles. The highest BCUT2D eigenvalue weighted by Gasteiger charge is 2.46. The van der Waals surface area contributed by atoms with Crippen molar-refractivity contribution in [3.05, 3.63) is 53.6 Å². The van der Waals surface area contributed by atoms with Gasteiger partial charge in [0.25, 0.3) is 5.91 Å². The summed E-state index contributed by atoms with van der Waals surface area (Å²) >= 11 is 0. The van der Waals surface area contributed by atoms with Gasteiger partial charge in [-0.1, -0.05) is 18.2 Å². The fourth-order valence-electron chi connectivity index (χ4n) is 3.08. The first-order valence-electron chi connectivity index (χ1n) is 7.68. The molecule has 3 rings (SSSR count). The van der Waals surface area contributed by atoms with Crippen LogP contribution in [0.25, 0.3) is 0 Å². The van der Waals surface area contributed by atoms with Gasteiger partial charge in [0.1, 0.15) is 11.0 Å². The number of methoxy groups -OCH3 is 1. The van der Waals surface area contributed by atoms with E-state index in [1.165, 1.54) is 38.4 Å². The quantitative estimate of drug-likeness (QED) is 0.838. The molecule has 7 nitrogen and oxygen atoms in total. The van der Waals surface area contributed by atoms with Crippen molar-refractivity contribution in [2.75, 3.05) is 19.9 Å². The second-order valence-corrected chi connectivity index (χ2v) is 9.90. The van der Waals surface area contributed by atoms with Crippen LogP contribution in [0.1, 0.15) is 21.2 Å². The lowest BCUT2D eigenvalue weighted by molar-refractivity contribution is 0.0959. The summed E-state index contributed by atoms with van der Waals surface area (Å²) < 4.78 is 56.5. The second kappa shape index (κ2) is 6.40. The van der Waals surface area contributed by atoms with Gasteiger partial charge in [-0.3, -0.25) is 4.79 Å². The molecule has 1 N–H and O–H groups in total. The molecule has 1 unspecified atom stereocenters. The van der Waals surface area contributed by atoms with Crippen molar-refractivity contribution in [1.29, 1.82) is 0 Å². The van der Waals surface area contributed by atoms with E-state index < -0.39 is 36.6 Å². The average molecular weight is 395 g/mol. The summed E-state index contributed by atoms with van der Waals surface area (Å²) in [7, 11) is -5.12. The van der Waals surface area contributed by atoms with Crippen molar-refractivity contribution in [3.8, 4) is 5.75 Å². The molecular formula is C17H17NO6S2. The smallest absolute Gasteiger partial charge is 0.254 e. The molecule has 1 atom stereocenters. The van der Waals surface area contributed by atoms with Crippen molar-refractivity contribution in [2.24, 2.45) is 0 Å². The average Bonchev–Trinajstić information content (AvgIpc) is 2.93. The first-order chi connectivity index (χ1) is 12.2. The minimum Gasteiger partial charge on any atom is -0.496 e. The Labute approximate surface area is 151 Å². The van der Waals surface area contributed by atoms with Crippen LogP contribution in [0.4, 0.5) is 0 Å². The lowest BCUT2D eigenvalue weighted by atomic mass is 10.1. The molecule has 1 aliphatic rings. The third-order valence-corrected chi connectivity index (χ3v) is 8.40. The number of fused-ring (bicyclic) bond motifs is 1. The summed E-state index contributed by atoms with van der Waals surface area (Å²) in [4.78, 5) is 12.0. The Morgan fingerprint density at radius 3 is 2.38 bits per heavy atom. The summed E-state index contributed by atoms with van der Waals surface area (Å²) in [6.07, 6.45) is 0. The van der Waals surface area contributed by atoms with Crippen LogP contribution in [-0.4, -0.2) is 42.7 Å². The number of carbonyl (C=O) groups is 1. The summed E-state index contributed by atoms with van der Waals surface area (Å²) in [6, 6.07) is 10.2. The minimum absolute atomic E-state index is 0.0115. The molecule has 1 heterocycles. The maximum Gasteiger partial charge on any atom is 0.254 e. The molecule has 2 aromatic rings. The van der Waals surface area contributed by atoms with E-state index in [9.17, 15) is 21.6 Å². The zero-order valence-corrected chi connectivity index (χ0v) is 15.7. The fourth-order valence-corrected chi connectivity index (χ4v) is 7.41. The molecule has 0 fully saturated rings. The molecule has 2 aromatic carbocycles. The summed E-state index contributed by atoms with van der Waals surface area (Å²) in [5.41, 5.74) is 0.0940. The molecule has 1 amide bonds. The maximum absolute atomic E-state index is 13.1. The van der Waals surface area contributed by atoms with Gasteiger partial charge in [0, 0.05) is 12.6 Å². The number of carbonyl (C=O) groups excluding carboxylic acids is 1. The summed E-state index contributed by atoms with van der Waals surface area (Å²) in [5, 5.41) is 1.09. The van der Waals surface area contributed by atoms with Gasteiger partial charge in [-0.15, -0.1) is 0 Å². The van der Waals surface area contributed by atoms with Gasteiger partial charge in [-0.05, 0) is 24.3 Å². The monoisotopic (exact) mass is 395 g/mol. The van der Waals surface area contributed by atoms with Crippen LogP contribution in [-0.2, 0) is 19.7 Å². The number of benzene rings is 2. The van der Waals surface area contributed by atoms with Crippen LogP contribution in [0.5, 0.6) is 5.75 Å². The molecular weight excluding hydrogens is 378 g/mol. The number of rotatable bonds is 4. The lowest BCUT2D eigenvalue weighted by Crippen LogP contribution is -2.20. The van der Waals surface area contributed by atoms with Crippen molar-refractivity contribution >= 4 is 25.6 Å². The first kappa shape index (κ1) is 18.4. The third-order valence-electron chi connectivity index (χ3n) is 4.31. The van der Waals surface area contributed by atoms with E-state index in [4.69, 9.17) is 4.74 Å². The topological polar surface area (TPSA) is 107 Å². The van der Waals surface area contributed by atoms with Gasteiger partial charge >= 0.3 is 0 Å². The largest absolute Gasteiger partial charge is 0.496 e. The van der Waals surface area contributed by atoms with E-state index >= 15 is 0 Å². The van der Waals surface area contributed by atoms with Crippen LogP contribution in [0.15, 0.2) is 52.3 Å². The maximum atomic E-state index is 13.1. The third kappa shape index (κ3) is 2.77. The standard InChI is InChI=1S/C17H17NO6S2/c1-18-17(19)12-8-9-13-15(16(12)24-2)14(10-25(13,20)21)26(22,23)11-6-4-3-5-7-11/h3-9,14H,10H2,1-2H3,(H,18,19). The van der Waals surface area contributed by atoms with E-state index in [0.29, 0.717) is 0 Å². The van der Waals surface area contributed by atoms with E-state index in [-0.39, 0.29) is 26.7 Å². The van der Waals surface area contributed by atoms with Crippen LogP contribution in [0.2, 0.25) is 0 Å². The SMILES string of the molecule is CNC(=O)c1ccc2c(c1OC)C(S(=O)(=O)c1ccccc1)CS2(=O)=O. The Bertz CT molecular complexity index is 1080. The number of nitrogens with one attached hydrogen (secondary N) is 1. The van der Waals surface area contributed by atoms with Crippen molar-refractivity contribution < 1.29 is 26.4 Å². The Morgan fingerprint density at radius 2 is 1.81 bits per heavy atom. The summed E-state index contributed by atoms with van der Waals surface area (Å²) in [6.45, 7) is 0. The predicted octanol–water partition coefficient (Wildman–Crippen LogP) is 1.36. The first-order valence-corrected chi connectivity index (χ1v) is 10.9. The molecule has 0 bridgehead atoms. The Kier molecular flexibility index (Phi) is 4.53. The number of hydrogen-bond donors (Lipinski definition) is 1. The van der Waals surface area contributed by atoms with E-state index in [2.05, 4.69) is 5.32 Å². The zero-order valence-electron chi connectivity index (χ0n) is 14.1. The van der Waals surface area contributed by atoms with Crippen molar-refractivity contribution in [1.82, 2.24) is 5.32 Å².